The van der Waals surface area contributed by atoms with Crippen LogP contribution in [0.5, 0.6) is 5.75 Å². The Bertz CT molecular complexity index is 1150. The Labute approximate surface area is 210 Å². The van der Waals surface area contributed by atoms with E-state index in [-0.39, 0.29) is 11.7 Å². The van der Waals surface area contributed by atoms with Gasteiger partial charge in [0.15, 0.2) is 6.10 Å². The van der Waals surface area contributed by atoms with Gasteiger partial charge in [0.25, 0.3) is 0 Å². The first-order chi connectivity index (χ1) is 17.5. The lowest BCUT2D eigenvalue weighted by Crippen LogP contribution is -2.29. The molecule has 0 saturated heterocycles. The number of rotatable bonds is 11. The van der Waals surface area contributed by atoms with Crippen molar-refractivity contribution in [2.24, 2.45) is 0 Å². The van der Waals surface area contributed by atoms with E-state index in [1.807, 2.05) is 25.1 Å². The fourth-order valence-corrected chi connectivity index (χ4v) is 3.58. The highest BCUT2D eigenvalue weighted by Crippen LogP contribution is 2.29. The first kappa shape index (κ1) is 26.3. The Morgan fingerprint density at radius 3 is 2.36 bits per heavy atom. The minimum absolute atomic E-state index is 0.104. The lowest BCUT2D eigenvalue weighted by Gasteiger charge is -2.27. The van der Waals surface area contributed by atoms with Gasteiger partial charge in [-0.25, -0.2) is 4.79 Å². The van der Waals surface area contributed by atoms with Crippen LogP contribution in [0.25, 0.3) is 0 Å². The van der Waals surface area contributed by atoms with Gasteiger partial charge in [-0.1, -0.05) is 48.5 Å². The number of phenolic OH excluding ortho intramolecular Hbond substituents is 1. The molecular formula is C28H31N3O5. The van der Waals surface area contributed by atoms with E-state index >= 15 is 0 Å². The zero-order chi connectivity index (χ0) is 25.8. The molecule has 2 amide bonds. The van der Waals surface area contributed by atoms with Crippen LogP contribution < -0.4 is 16.4 Å². The summed E-state index contributed by atoms with van der Waals surface area (Å²) in [7, 11) is 0. The maximum Gasteiger partial charge on any atom is 0.412 e. The summed E-state index contributed by atoms with van der Waals surface area (Å²) in [4.78, 5) is 24.9. The first-order valence-electron chi connectivity index (χ1n) is 11.7. The molecule has 0 aliphatic rings. The molecule has 5 N–H and O–H groups in total. The zero-order valence-corrected chi connectivity index (χ0v) is 20.1. The summed E-state index contributed by atoms with van der Waals surface area (Å²) in [5.41, 5.74) is 8.18. The van der Waals surface area contributed by atoms with E-state index in [1.165, 1.54) is 18.2 Å². The van der Waals surface area contributed by atoms with E-state index in [0.717, 1.165) is 0 Å². The highest BCUT2D eigenvalue weighted by molar-refractivity contribution is 6.01. The van der Waals surface area contributed by atoms with Gasteiger partial charge in [-0.05, 0) is 67.8 Å². The predicted octanol–water partition coefficient (Wildman–Crippen LogP) is 5.64. The third kappa shape index (κ3) is 8.18. The Morgan fingerprint density at radius 2 is 1.67 bits per heavy atom. The van der Waals surface area contributed by atoms with Gasteiger partial charge in [-0.3, -0.25) is 10.1 Å². The number of carbonyl (C=O) groups is 2. The van der Waals surface area contributed by atoms with E-state index in [1.54, 1.807) is 54.6 Å². The largest absolute Gasteiger partial charge is 0.508 e. The molecule has 0 heterocycles. The van der Waals surface area contributed by atoms with E-state index in [4.69, 9.17) is 15.2 Å². The number of nitrogens with one attached hydrogen (secondary N) is 2. The molecule has 0 aliphatic heterocycles. The number of anilines is 3. The smallest absolute Gasteiger partial charge is 0.412 e. The molecule has 0 bridgehead atoms. The molecule has 2 atom stereocenters. The second-order valence-electron chi connectivity index (χ2n) is 7.96. The van der Waals surface area contributed by atoms with Crippen molar-refractivity contribution in [3.8, 4) is 5.75 Å². The summed E-state index contributed by atoms with van der Waals surface area (Å²) in [6.45, 7) is 2.26. The molecule has 0 spiro atoms. The van der Waals surface area contributed by atoms with Crippen molar-refractivity contribution in [3.05, 3.63) is 96.6 Å². The molecule has 36 heavy (non-hydrogen) atoms. The molecule has 0 aromatic heterocycles. The monoisotopic (exact) mass is 489 g/mol. The van der Waals surface area contributed by atoms with Crippen LogP contribution in [0.1, 0.15) is 31.4 Å². The Kier molecular flexibility index (Phi) is 9.90. The second-order valence-corrected chi connectivity index (χ2v) is 7.96. The fraction of sp³-hybridized carbons (Fsp3) is 0.214. The van der Waals surface area contributed by atoms with Gasteiger partial charge in [-0.15, -0.1) is 0 Å². The molecule has 3 aromatic rings. The van der Waals surface area contributed by atoms with Crippen LogP contribution in [-0.2, 0) is 14.3 Å². The van der Waals surface area contributed by atoms with Gasteiger partial charge in [0.2, 0.25) is 5.91 Å². The molecule has 8 nitrogen and oxygen atoms in total. The van der Waals surface area contributed by atoms with E-state index < -0.39 is 18.3 Å². The Balaban J connectivity index is 1.67. The normalized spacial score (nSPS) is 12.6. The number of ether oxygens (including phenoxy) is 2. The van der Waals surface area contributed by atoms with Crippen LogP contribution in [0, 0.1) is 0 Å². The number of para-hydroxylation sites is 3. The lowest BCUT2D eigenvalue weighted by atomic mass is 10.00. The van der Waals surface area contributed by atoms with E-state index in [2.05, 4.69) is 10.6 Å². The highest BCUT2D eigenvalue weighted by Gasteiger charge is 2.27. The molecule has 0 radical (unpaired) electrons. The van der Waals surface area contributed by atoms with E-state index in [0.29, 0.717) is 42.1 Å². The van der Waals surface area contributed by atoms with Gasteiger partial charge in [0, 0.05) is 12.3 Å². The summed E-state index contributed by atoms with van der Waals surface area (Å²) in [5.74, 6) is -0.193. The number of benzene rings is 3. The van der Waals surface area contributed by atoms with Crippen LogP contribution in [0.3, 0.4) is 0 Å². The molecule has 188 valence electrons. The standard InChI is InChI=1S/C28H31N3O5/c1-2-35-25(14-8-9-15-26(33)31-24-13-7-6-12-23(24)29)27(20-16-18-22(32)19-17-20)36-28(34)30-21-10-4-3-5-11-21/h3-7,9-13,15-19,25,27,32H,2,8,14,29H2,1H3,(H,30,34)(H,31,33)/b15-9+/t25-,27-/m0/s1. The molecule has 0 fully saturated rings. The fourth-order valence-electron chi connectivity index (χ4n) is 3.58. The zero-order valence-electron chi connectivity index (χ0n) is 20.1. The van der Waals surface area contributed by atoms with Crippen LogP contribution >= 0.6 is 0 Å². The summed E-state index contributed by atoms with van der Waals surface area (Å²) in [6, 6.07) is 22.5. The average molecular weight is 490 g/mol. The molecule has 0 unspecified atom stereocenters. The number of carbonyl (C=O) groups excluding carboxylic acids is 2. The Hall–Kier alpha value is -4.30. The number of allylic oxidation sites excluding steroid dienone is 1. The van der Waals surface area contributed by atoms with Gasteiger partial charge in [-0.2, -0.15) is 0 Å². The average Bonchev–Trinajstić information content (AvgIpc) is 2.87. The Morgan fingerprint density at radius 1 is 0.972 bits per heavy atom. The number of amides is 2. The number of hydrogen-bond acceptors (Lipinski definition) is 6. The molecular weight excluding hydrogens is 458 g/mol. The topological polar surface area (TPSA) is 123 Å². The predicted molar refractivity (Wildman–Crippen MR) is 141 cm³/mol. The van der Waals surface area contributed by atoms with Crippen molar-refractivity contribution in [1.29, 1.82) is 0 Å². The number of nitrogens with two attached hydrogens (primary N) is 1. The van der Waals surface area contributed by atoms with E-state index in [9.17, 15) is 14.7 Å². The minimum Gasteiger partial charge on any atom is -0.508 e. The maximum absolute atomic E-state index is 12.7. The van der Waals surface area contributed by atoms with Crippen molar-refractivity contribution in [2.75, 3.05) is 23.0 Å². The quantitative estimate of drug-likeness (QED) is 0.204. The molecule has 0 aliphatic carbocycles. The van der Waals surface area contributed by atoms with Crippen molar-refractivity contribution in [2.45, 2.75) is 32.0 Å². The van der Waals surface area contributed by atoms with Crippen molar-refractivity contribution in [3.63, 3.8) is 0 Å². The van der Waals surface area contributed by atoms with Crippen LogP contribution in [0.4, 0.5) is 21.9 Å². The molecule has 3 rings (SSSR count). The lowest BCUT2D eigenvalue weighted by molar-refractivity contribution is -0.111. The van der Waals surface area contributed by atoms with Crippen LogP contribution in [0.2, 0.25) is 0 Å². The molecule has 0 saturated carbocycles. The number of hydrogen-bond donors (Lipinski definition) is 4. The second kappa shape index (κ2) is 13.6. The maximum atomic E-state index is 12.7. The highest BCUT2D eigenvalue weighted by atomic mass is 16.6. The summed E-state index contributed by atoms with van der Waals surface area (Å²) in [6.07, 6.45) is 2.31. The van der Waals surface area contributed by atoms with Crippen molar-refractivity contribution in [1.82, 2.24) is 0 Å². The van der Waals surface area contributed by atoms with Gasteiger partial charge in [0.1, 0.15) is 5.75 Å². The van der Waals surface area contributed by atoms with Gasteiger partial charge in [0.05, 0.1) is 17.5 Å². The molecule has 8 heteroatoms. The van der Waals surface area contributed by atoms with Crippen molar-refractivity contribution < 1.29 is 24.2 Å². The third-order valence-corrected chi connectivity index (χ3v) is 5.30. The summed E-state index contributed by atoms with van der Waals surface area (Å²) in [5, 5.41) is 15.2. The van der Waals surface area contributed by atoms with Crippen LogP contribution in [0.15, 0.2) is 91.0 Å². The number of nitrogen functional groups attached to an aromatic ring is 1. The van der Waals surface area contributed by atoms with Crippen molar-refractivity contribution >= 4 is 29.1 Å². The molecule has 3 aromatic carbocycles. The number of phenols is 1. The SMILES string of the molecule is CCO[C@@H](CC/C=C/C(=O)Nc1ccccc1N)[C@@H](OC(=O)Nc1ccccc1)c1ccc(O)cc1. The minimum atomic E-state index is -0.736. The third-order valence-electron chi connectivity index (χ3n) is 5.30. The van der Waals surface area contributed by atoms with Crippen LogP contribution in [-0.4, -0.2) is 29.8 Å². The first-order valence-corrected chi connectivity index (χ1v) is 11.7. The van der Waals surface area contributed by atoms with Gasteiger partial charge >= 0.3 is 6.09 Å². The number of aromatic hydroxyl groups is 1. The van der Waals surface area contributed by atoms with Gasteiger partial charge < -0.3 is 25.6 Å². The summed E-state index contributed by atoms with van der Waals surface area (Å²) >= 11 is 0. The summed E-state index contributed by atoms with van der Waals surface area (Å²) < 4.78 is 11.7.